The van der Waals surface area contributed by atoms with Crippen molar-refractivity contribution in [2.75, 3.05) is 11.9 Å². The number of carbonyl (C=O) groups is 1. The van der Waals surface area contributed by atoms with Crippen molar-refractivity contribution in [3.8, 4) is 0 Å². The van der Waals surface area contributed by atoms with E-state index in [1.807, 2.05) is 31.3 Å². The van der Waals surface area contributed by atoms with Gasteiger partial charge in [-0.2, -0.15) is 0 Å². The lowest BCUT2D eigenvalue weighted by molar-refractivity contribution is 0.237. The topological polar surface area (TPSA) is 66.3 Å². The number of urea groups is 1. The highest BCUT2D eigenvalue weighted by atomic mass is 16.3. The molecular weight excluding hydrogens is 266 g/mol. The van der Waals surface area contributed by atoms with Gasteiger partial charge in [0.25, 0.3) is 0 Å². The number of anilines is 1. The van der Waals surface area contributed by atoms with Crippen LogP contribution in [0.5, 0.6) is 0 Å². The zero-order chi connectivity index (χ0) is 15.2. The van der Waals surface area contributed by atoms with E-state index in [9.17, 15) is 4.79 Å². The van der Waals surface area contributed by atoms with Gasteiger partial charge in [-0.25, -0.2) is 4.79 Å². The Morgan fingerprint density at radius 3 is 2.81 bits per heavy atom. The first-order valence-electron chi connectivity index (χ1n) is 7.45. The van der Waals surface area contributed by atoms with Crippen LogP contribution in [0.15, 0.2) is 30.5 Å². The van der Waals surface area contributed by atoms with Gasteiger partial charge in [0, 0.05) is 31.1 Å². The number of carbonyl (C=O) groups excluding carboxylic acids is 1. The third-order valence-electron chi connectivity index (χ3n) is 3.68. The van der Waals surface area contributed by atoms with Crippen LogP contribution in [-0.2, 0) is 6.54 Å². The second-order valence-electron chi connectivity index (χ2n) is 5.09. The summed E-state index contributed by atoms with van der Waals surface area (Å²) in [4.78, 5) is 12.0. The van der Waals surface area contributed by atoms with Gasteiger partial charge in [-0.15, -0.1) is 0 Å². The monoisotopic (exact) mass is 289 g/mol. The number of aryl methyl sites for hydroxylation is 1. The number of aliphatic hydroxyl groups is 1. The third-order valence-corrected chi connectivity index (χ3v) is 3.68. The molecule has 2 aromatic rings. The lowest BCUT2D eigenvalue weighted by Gasteiger charge is -2.16. The summed E-state index contributed by atoms with van der Waals surface area (Å²) < 4.78 is 2.14. The second-order valence-corrected chi connectivity index (χ2v) is 5.09. The van der Waals surface area contributed by atoms with Crippen LogP contribution in [0.25, 0.3) is 10.9 Å². The van der Waals surface area contributed by atoms with E-state index >= 15 is 0 Å². The number of hydrogen-bond donors (Lipinski definition) is 3. The highest BCUT2D eigenvalue weighted by Crippen LogP contribution is 2.20. The van der Waals surface area contributed by atoms with E-state index in [0.29, 0.717) is 6.42 Å². The van der Waals surface area contributed by atoms with Crippen molar-refractivity contribution in [2.24, 2.45) is 0 Å². The average molecular weight is 289 g/mol. The maximum Gasteiger partial charge on any atom is 0.319 e. The van der Waals surface area contributed by atoms with Crippen molar-refractivity contribution in [3.05, 3.63) is 30.5 Å². The molecule has 3 N–H and O–H groups in total. The minimum absolute atomic E-state index is 0.00164. The lowest BCUT2D eigenvalue weighted by atomic mass is 10.1. The predicted molar refractivity (Wildman–Crippen MR) is 85.5 cm³/mol. The zero-order valence-electron chi connectivity index (χ0n) is 12.6. The van der Waals surface area contributed by atoms with Crippen molar-refractivity contribution in [1.82, 2.24) is 9.88 Å². The first kappa shape index (κ1) is 15.4. The summed E-state index contributed by atoms with van der Waals surface area (Å²) >= 11 is 0. The summed E-state index contributed by atoms with van der Waals surface area (Å²) in [5, 5.41) is 15.8. The quantitative estimate of drug-likeness (QED) is 0.765. The summed E-state index contributed by atoms with van der Waals surface area (Å²) in [5.74, 6) is 0. The van der Waals surface area contributed by atoms with Gasteiger partial charge in [0.1, 0.15) is 0 Å². The van der Waals surface area contributed by atoms with Gasteiger partial charge in [0.15, 0.2) is 0 Å². The third kappa shape index (κ3) is 3.76. The number of benzene rings is 1. The molecule has 0 radical (unpaired) electrons. The number of hydrogen-bond acceptors (Lipinski definition) is 2. The molecule has 0 fully saturated rings. The van der Waals surface area contributed by atoms with Gasteiger partial charge in [0.05, 0.1) is 5.52 Å². The Labute approximate surface area is 125 Å². The number of fused-ring (bicyclic) bond motifs is 1. The first-order chi connectivity index (χ1) is 10.2. The Morgan fingerprint density at radius 1 is 1.33 bits per heavy atom. The number of nitrogens with one attached hydrogen (secondary N) is 2. The summed E-state index contributed by atoms with van der Waals surface area (Å²) in [7, 11) is 0. The Morgan fingerprint density at radius 2 is 2.14 bits per heavy atom. The van der Waals surface area contributed by atoms with Crippen LogP contribution >= 0.6 is 0 Å². The Kier molecular flexibility index (Phi) is 5.22. The number of aromatic nitrogens is 1. The second kappa shape index (κ2) is 7.13. The highest BCUT2D eigenvalue weighted by molar-refractivity contribution is 5.92. The van der Waals surface area contributed by atoms with Crippen molar-refractivity contribution >= 4 is 22.6 Å². The Hall–Kier alpha value is -2.01. The molecule has 0 bridgehead atoms. The summed E-state index contributed by atoms with van der Waals surface area (Å²) in [6.07, 6.45) is 3.41. The normalized spacial score (nSPS) is 12.3. The summed E-state index contributed by atoms with van der Waals surface area (Å²) in [6.45, 7) is 5.05. The van der Waals surface area contributed by atoms with Crippen LogP contribution in [0.2, 0.25) is 0 Å². The fourth-order valence-electron chi connectivity index (χ4n) is 2.42. The van der Waals surface area contributed by atoms with Crippen molar-refractivity contribution in [3.63, 3.8) is 0 Å². The molecule has 2 amide bonds. The molecule has 0 saturated carbocycles. The number of nitrogens with zero attached hydrogens (tertiary/aromatic N) is 1. The molecule has 21 heavy (non-hydrogen) atoms. The van der Waals surface area contributed by atoms with Gasteiger partial charge < -0.3 is 20.3 Å². The average Bonchev–Trinajstić information content (AvgIpc) is 2.89. The molecule has 1 heterocycles. The van der Waals surface area contributed by atoms with Gasteiger partial charge in [0.2, 0.25) is 0 Å². The number of rotatable bonds is 6. The Bertz CT molecular complexity index is 607. The molecule has 5 nitrogen and oxygen atoms in total. The fraction of sp³-hybridized carbons (Fsp3) is 0.438. The molecule has 0 saturated heterocycles. The van der Waals surface area contributed by atoms with E-state index in [0.717, 1.165) is 29.6 Å². The maximum atomic E-state index is 12.0. The predicted octanol–water partition coefficient (Wildman–Crippen LogP) is 2.94. The molecule has 1 unspecified atom stereocenters. The minimum Gasteiger partial charge on any atom is -0.396 e. The van der Waals surface area contributed by atoms with Crippen LogP contribution in [0.4, 0.5) is 10.5 Å². The van der Waals surface area contributed by atoms with E-state index in [1.165, 1.54) is 0 Å². The van der Waals surface area contributed by atoms with Gasteiger partial charge in [-0.3, -0.25) is 0 Å². The molecule has 1 atom stereocenters. The maximum absolute atomic E-state index is 12.0. The van der Waals surface area contributed by atoms with E-state index < -0.39 is 0 Å². The summed E-state index contributed by atoms with van der Waals surface area (Å²) in [5.41, 5.74) is 1.88. The molecule has 2 rings (SSSR count). The smallest absolute Gasteiger partial charge is 0.319 e. The van der Waals surface area contributed by atoms with Crippen LogP contribution < -0.4 is 10.6 Å². The van der Waals surface area contributed by atoms with Gasteiger partial charge in [-0.05, 0) is 43.4 Å². The molecule has 1 aromatic heterocycles. The first-order valence-corrected chi connectivity index (χ1v) is 7.45. The molecule has 5 heteroatoms. The number of amides is 2. The zero-order valence-corrected chi connectivity index (χ0v) is 12.6. The SMILES string of the molecule is CCC(CCO)NC(=O)Nc1ccc2ccn(CC)c2c1. The number of aliphatic hydroxyl groups excluding tert-OH is 1. The molecular formula is C16H23N3O2. The van der Waals surface area contributed by atoms with E-state index in [2.05, 4.69) is 28.2 Å². The van der Waals surface area contributed by atoms with Crippen LogP contribution in [0.3, 0.4) is 0 Å². The molecule has 114 valence electrons. The fourth-order valence-corrected chi connectivity index (χ4v) is 2.42. The van der Waals surface area contributed by atoms with Crippen molar-refractivity contribution in [1.29, 1.82) is 0 Å². The van der Waals surface area contributed by atoms with Crippen LogP contribution in [0.1, 0.15) is 26.7 Å². The highest BCUT2D eigenvalue weighted by Gasteiger charge is 2.10. The van der Waals surface area contributed by atoms with E-state index in [4.69, 9.17) is 5.11 Å². The van der Waals surface area contributed by atoms with E-state index in [-0.39, 0.29) is 18.7 Å². The molecule has 0 aliphatic heterocycles. The largest absolute Gasteiger partial charge is 0.396 e. The molecule has 0 aliphatic carbocycles. The Balaban J connectivity index is 2.06. The molecule has 1 aromatic carbocycles. The van der Waals surface area contributed by atoms with Gasteiger partial charge >= 0.3 is 6.03 Å². The van der Waals surface area contributed by atoms with Crippen LogP contribution in [-0.4, -0.2) is 28.4 Å². The van der Waals surface area contributed by atoms with Crippen molar-refractivity contribution < 1.29 is 9.90 Å². The van der Waals surface area contributed by atoms with Crippen LogP contribution in [0, 0.1) is 0 Å². The lowest BCUT2D eigenvalue weighted by Crippen LogP contribution is -2.38. The van der Waals surface area contributed by atoms with Gasteiger partial charge in [-0.1, -0.05) is 13.0 Å². The summed E-state index contributed by atoms with van der Waals surface area (Å²) in [6, 6.07) is 7.71. The standard InChI is InChI=1S/C16H23N3O2/c1-3-13(8-10-20)17-16(21)18-14-6-5-12-7-9-19(4-2)15(12)11-14/h5-7,9,11,13,20H,3-4,8,10H2,1-2H3,(H2,17,18,21). The van der Waals surface area contributed by atoms with E-state index in [1.54, 1.807) is 0 Å². The van der Waals surface area contributed by atoms with Crippen molar-refractivity contribution in [2.45, 2.75) is 39.3 Å². The molecule has 0 aliphatic rings. The minimum atomic E-state index is -0.232. The molecule has 0 spiro atoms.